The minimum atomic E-state index is -0.785. The van der Waals surface area contributed by atoms with E-state index in [1.807, 2.05) is 49.4 Å². The van der Waals surface area contributed by atoms with E-state index in [1.54, 1.807) is 14.0 Å². The molecule has 0 saturated heterocycles. The number of aromatic nitrogens is 1. The molecule has 5 rings (SSSR count). The summed E-state index contributed by atoms with van der Waals surface area (Å²) in [5.74, 6) is 0.252. The van der Waals surface area contributed by atoms with Gasteiger partial charge in [0.15, 0.2) is 11.3 Å². The molecule has 0 amide bonds. The van der Waals surface area contributed by atoms with Crippen molar-refractivity contribution >= 4 is 27.9 Å². The number of para-hydroxylation sites is 1. The first-order valence-electron chi connectivity index (χ1n) is 11.1. The molecule has 0 spiro atoms. The predicted molar refractivity (Wildman–Crippen MR) is 125 cm³/mol. The van der Waals surface area contributed by atoms with Crippen molar-refractivity contribution in [3.05, 3.63) is 70.5 Å². The molecule has 0 radical (unpaired) electrons. The van der Waals surface area contributed by atoms with Crippen molar-refractivity contribution in [1.29, 1.82) is 5.26 Å². The van der Waals surface area contributed by atoms with Crippen LogP contribution < -0.4 is 4.74 Å². The Morgan fingerprint density at radius 1 is 1.27 bits per heavy atom. The maximum absolute atomic E-state index is 12.5. The molecule has 0 bridgehead atoms. The molecule has 2 heterocycles. The van der Waals surface area contributed by atoms with E-state index < -0.39 is 5.41 Å². The molecule has 166 valence electrons. The van der Waals surface area contributed by atoms with Gasteiger partial charge in [-0.2, -0.15) is 5.26 Å². The van der Waals surface area contributed by atoms with Crippen LogP contribution in [0.5, 0.6) is 5.75 Å². The molecule has 0 N–H and O–H groups in total. The number of hydrogen-bond acceptors (Lipinski definition) is 6. The van der Waals surface area contributed by atoms with Crippen LogP contribution in [-0.4, -0.2) is 24.7 Å². The van der Waals surface area contributed by atoms with E-state index in [0.29, 0.717) is 48.5 Å². The van der Waals surface area contributed by atoms with Crippen LogP contribution in [0.25, 0.3) is 21.9 Å². The highest BCUT2D eigenvalue weighted by molar-refractivity contribution is 6.09. The summed E-state index contributed by atoms with van der Waals surface area (Å²) in [7, 11) is 1.61. The van der Waals surface area contributed by atoms with Crippen molar-refractivity contribution in [2.75, 3.05) is 13.7 Å². The van der Waals surface area contributed by atoms with Crippen molar-refractivity contribution in [2.24, 2.45) is 0 Å². The van der Waals surface area contributed by atoms with Crippen LogP contribution in [0, 0.1) is 18.3 Å². The van der Waals surface area contributed by atoms with Crippen molar-refractivity contribution in [1.82, 2.24) is 4.98 Å². The van der Waals surface area contributed by atoms with Gasteiger partial charge in [0.2, 0.25) is 0 Å². The predicted octanol–water partition coefficient (Wildman–Crippen LogP) is 5.43. The summed E-state index contributed by atoms with van der Waals surface area (Å²) in [6.07, 6.45) is 1.73. The number of methoxy groups -OCH3 is 1. The Labute approximate surface area is 191 Å². The van der Waals surface area contributed by atoms with Gasteiger partial charge in [-0.1, -0.05) is 24.3 Å². The van der Waals surface area contributed by atoms with Crippen molar-refractivity contribution in [2.45, 2.75) is 38.5 Å². The maximum atomic E-state index is 12.5. The second kappa shape index (κ2) is 7.93. The van der Waals surface area contributed by atoms with Gasteiger partial charge in [-0.05, 0) is 62.4 Å². The number of pyridine rings is 1. The highest BCUT2D eigenvalue weighted by atomic mass is 16.5. The van der Waals surface area contributed by atoms with E-state index in [1.165, 1.54) is 0 Å². The van der Waals surface area contributed by atoms with Gasteiger partial charge in [0.1, 0.15) is 5.58 Å². The van der Waals surface area contributed by atoms with Crippen LogP contribution in [-0.2, 0) is 23.0 Å². The Morgan fingerprint density at radius 3 is 2.85 bits per heavy atom. The third kappa shape index (κ3) is 3.23. The fourth-order valence-corrected chi connectivity index (χ4v) is 4.98. The average molecular weight is 440 g/mol. The highest BCUT2D eigenvalue weighted by Gasteiger charge is 2.40. The van der Waals surface area contributed by atoms with Crippen molar-refractivity contribution < 1.29 is 18.7 Å². The molecule has 0 fully saturated rings. The van der Waals surface area contributed by atoms with Crippen LogP contribution in [0.3, 0.4) is 0 Å². The summed E-state index contributed by atoms with van der Waals surface area (Å²) in [4.78, 5) is 17.1. The first kappa shape index (κ1) is 21.0. The number of carbonyl (C=O) groups excluding carboxylic acids is 1. The van der Waals surface area contributed by atoms with Crippen LogP contribution in [0.1, 0.15) is 46.2 Å². The summed E-state index contributed by atoms with van der Waals surface area (Å²) in [5.41, 5.74) is 4.49. The smallest absolute Gasteiger partial charge is 0.339 e. The quantitative estimate of drug-likeness (QED) is 0.394. The standard InChI is InChI=1S/C27H24N2O4/c1-4-32-26(30)19-13-17-14-27(15-28,12-11-21(17)29-16(19)2)20-9-10-23(31-3)25-24(20)18-7-5-6-8-22(18)33-25/h5-10,13H,4,11-12,14H2,1-3H3. The molecule has 6 nitrogen and oxygen atoms in total. The Hall–Kier alpha value is -3.85. The number of furan rings is 1. The minimum Gasteiger partial charge on any atom is -0.493 e. The lowest BCUT2D eigenvalue weighted by Gasteiger charge is -2.33. The van der Waals surface area contributed by atoms with Gasteiger partial charge in [0.25, 0.3) is 0 Å². The van der Waals surface area contributed by atoms with Crippen LogP contribution in [0.4, 0.5) is 0 Å². The molecule has 4 aromatic rings. The zero-order valence-electron chi connectivity index (χ0n) is 18.9. The molecule has 1 unspecified atom stereocenters. The third-order valence-corrected chi connectivity index (χ3v) is 6.60. The molecule has 1 aliphatic rings. The average Bonchev–Trinajstić information content (AvgIpc) is 3.22. The van der Waals surface area contributed by atoms with E-state index in [4.69, 9.17) is 18.9 Å². The summed E-state index contributed by atoms with van der Waals surface area (Å²) < 4.78 is 16.9. The topological polar surface area (TPSA) is 85.3 Å². The Morgan fingerprint density at radius 2 is 2.09 bits per heavy atom. The molecule has 2 aromatic carbocycles. The largest absolute Gasteiger partial charge is 0.493 e. The van der Waals surface area contributed by atoms with Crippen molar-refractivity contribution in [3.63, 3.8) is 0 Å². The number of nitriles is 1. The summed E-state index contributed by atoms with van der Waals surface area (Å²) in [6, 6.07) is 16.1. The first-order chi connectivity index (χ1) is 16.0. The lowest BCUT2D eigenvalue weighted by molar-refractivity contribution is 0.0524. The summed E-state index contributed by atoms with van der Waals surface area (Å²) in [5, 5.41) is 12.4. The van der Waals surface area contributed by atoms with E-state index in [2.05, 4.69) is 6.07 Å². The Balaban J connectivity index is 1.70. The van der Waals surface area contributed by atoms with Gasteiger partial charge in [-0.3, -0.25) is 4.98 Å². The molecule has 1 atom stereocenters. The molecule has 1 aliphatic carbocycles. The molecular formula is C27H24N2O4. The van der Waals surface area contributed by atoms with Gasteiger partial charge in [0, 0.05) is 16.5 Å². The number of benzene rings is 2. The van der Waals surface area contributed by atoms with Gasteiger partial charge in [-0.15, -0.1) is 0 Å². The van der Waals surface area contributed by atoms with Gasteiger partial charge < -0.3 is 13.9 Å². The maximum Gasteiger partial charge on any atom is 0.339 e. The zero-order valence-corrected chi connectivity index (χ0v) is 18.9. The summed E-state index contributed by atoms with van der Waals surface area (Å²) >= 11 is 0. The Kier molecular flexibility index (Phi) is 5.05. The van der Waals surface area contributed by atoms with Gasteiger partial charge in [-0.25, -0.2) is 4.79 Å². The van der Waals surface area contributed by atoms with E-state index in [0.717, 1.165) is 33.2 Å². The number of carbonyl (C=O) groups is 1. The third-order valence-electron chi connectivity index (χ3n) is 6.60. The molecule has 2 aromatic heterocycles. The van der Waals surface area contributed by atoms with E-state index in [-0.39, 0.29) is 5.97 Å². The van der Waals surface area contributed by atoms with Crippen LogP contribution in [0.15, 0.2) is 46.9 Å². The fraction of sp³-hybridized carbons (Fsp3) is 0.296. The van der Waals surface area contributed by atoms with Crippen LogP contribution >= 0.6 is 0 Å². The van der Waals surface area contributed by atoms with Crippen LogP contribution in [0.2, 0.25) is 0 Å². The zero-order chi connectivity index (χ0) is 23.2. The normalized spacial score (nSPS) is 17.5. The summed E-state index contributed by atoms with van der Waals surface area (Å²) in [6.45, 7) is 3.90. The number of fused-ring (bicyclic) bond motifs is 4. The fourth-order valence-electron chi connectivity index (χ4n) is 4.98. The SMILES string of the molecule is CCOC(=O)c1cc2c(nc1C)CCC(C#N)(c1ccc(OC)c3oc4ccccc4c13)C2. The first-order valence-corrected chi connectivity index (χ1v) is 11.1. The second-order valence-corrected chi connectivity index (χ2v) is 8.44. The number of ether oxygens (including phenoxy) is 2. The van der Waals surface area contributed by atoms with Crippen molar-refractivity contribution in [3.8, 4) is 11.8 Å². The second-order valence-electron chi connectivity index (χ2n) is 8.44. The lowest BCUT2D eigenvalue weighted by Crippen LogP contribution is -2.33. The molecule has 0 saturated carbocycles. The molecule has 0 aliphatic heterocycles. The monoisotopic (exact) mass is 440 g/mol. The van der Waals surface area contributed by atoms with Gasteiger partial charge in [0.05, 0.1) is 36.5 Å². The van der Waals surface area contributed by atoms with E-state index in [9.17, 15) is 10.1 Å². The highest BCUT2D eigenvalue weighted by Crippen LogP contribution is 2.46. The minimum absolute atomic E-state index is 0.300. The Bertz CT molecular complexity index is 1450. The number of aryl methyl sites for hydroxylation is 2. The van der Waals surface area contributed by atoms with E-state index >= 15 is 0 Å². The number of hydrogen-bond donors (Lipinski definition) is 0. The number of esters is 1. The number of nitrogens with zero attached hydrogens (tertiary/aromatic N) is 2. The van der Waals surface area contributed by atoms with Gasteiger partial charge >= 0.3 is 5.97 Å². The molecule has 33 heavy (non-hydrogen) atoms. The lowest BCUT2D eigenvalue weighted by atomic mass is 9.68. The molecular weight excluding hydrogens is 416 g/mol. The molecule has 6 heteroatoms. The number of rotatable bonds is 4.